The van der Waals surface area contributed by atoms with E-state index in [1.54, 1.807) is 11.3 Å². The maximum absolute atomic E-state index is 13.5. The molecule has 0 fully saturated rings. The standard InChI is InChI=1S/C25H27N3OS/c1-17-14-18(2)24-22(15-17)30-25(26-24)28(13-12-27(3)4)23(29)16-20-10-7-9-19-8-5-6-11-21(19)20/h5-11,14-15H,12-13,16H2,1-4H3. The van der Waals surface area contributed by atoms with Crippen LogP contribution in [-0.2, 0) is 11.2 Å². The van der Waals surface area contributed by atoms with Crippen molar-refractivity contribution in [2.75, 3.05) is 32.1 Å². The van der Waals surface area contributed by atoms with Crippen LogP contribution in [0.1, 0.15) is 16.7 Å². The number of carbonyl (C=O) groups excluding carboxylic acids is 1. The van der Waals surface area contributed by atoms with Crippen molar-refractivity contribution in [1.82, 2.24) is 9.88 Å². The van der Waals surface area contributed by atoms with Crippen molar-refractivity contribution in [1.29, 1.82) is 0 Å². The molecule has 1 aromatic heterocycles. The van der Waals surface area contributed by atoms with Gasteiger partial charge in [-0.05, 0) is 61.5 Å². The lowest BCUT2D eigenvalue weighted by Crippen LogP contribution is -2.37. The Balaban J connectivity index is 1.69. The van der Waals surface area contributed by atoms with E-state index >= 15 is 0 Å². The van der Waals surface area contributed by atoms with Gasteiger partial charge in [0.1, 0.15) is 0 Å². The SMILES string of the molecule is Cc1cc(C)c2nc(N(CCN(C)C)C(=O)Cc3cccc4ccccc34)sc2c1. The average Bonchev–Trinajstić information content (AvgIpc) is 3.12. The number of aryl methyl sites for hydroxylation is 2. The van der Waals surface area contributed by atoms with E-state index in [1.165, 1.54) is 5.56 Å². The van der Waals surface area contributed by atoms with Gasteiger partial charge in [-0.3, -0.25) is 9.69 Å². The van der Waals surface area contributed by atoms with E-state index in [-0.39, 0.29) is 5.91 Å². The second-order valence-electron chi connectivity index (χ2n) is 8.09. The molecule has 0 atom stereocenters. The number of amides is 1. The molecule has 0 radical (unpaired) electrons. The lowest BCUT2D eigenvalue weighted by atomic mass is 10.0. The van der Waals surface area contributed by atoms with Crippen molar-refractivity contribution in [2.45, 2.75) is 20.3 Å². The van der Waals surface area contributed by atoms with E-state index in [9.17, 15) is 4.79 Å². The van der Waals surface area contributed by atoms with E-state index < -0.39 is 0 Å². The smallest absolute Gasteiger partial charge is 0.233 e. The van der Waals surface area contributed by atoms with Crippen LogP contribution in [0.25, 0.3) is 21.0 Å². The molecule has 1 amide bonds. The van der Waals surface area contributed by atoms with Crippen LogP contribution in [0.15, 0.2) is 54.6 Å². The molecule has 30 heavy (non-hydrogen) atoms. The number of hydrogen-bond acceptors (Lipinski definition) is 4. The van der Waals surface area contributed by atoms with Crippen LogP contribution in [0.4, 0.5) is 5.13 Å². The van der Waals surface area contributed by atoms with Gasteiger partial charge in [-0.1, -0.05) is 59.9 Å². The molecule has 0 N–H and O–H groups in total. The molecule has 4 aromatic rings. The van der Waals surface area contributed by atoms with Gasteiger partial charge in [0.05, 0.1) is 16.6 Å². The number of nitrogens with zero attached hydrogens (tertiary/aromatic N) is 3. The molecule has 0 saturated carbocycles. The Hall–Kier alpha value is -2.76. The number of carbonyl (C=O) groups is 1. The van der Waals surface area contributed by atoms with Crippen LogP contribution in [0, 0.1) is 13.8 Å². The van der Waals surface area contributed by atoms with Crippen LogP contribution in [-0.4, -0.2) is 43.0 Å². The number of rotatable bonds is 6. The first-order valence-electron chi connectivity index (χ1n) is 10.2. The predicted molar refractivity (Wildman–Crippen MR) is 128 cm³/mol. The van der Waals surface area contributed by atoms with Crippen LogP contribution in [0.3, 0.4) is 0 Å². The van der Waals surface area contributed by atoms with Gasteiger partial charge in [-0.15, -0.1) is 0 Å². The van der Waals surface area contributed by atoms with Gasteiger partial charge in [-0.2, -0.15) is 0 Å². The summed E-state index contributed by atoms with van der Waals surface area (Å²) in [5.74, 6) is 0.0848. The number of benzene rings is 3. The van der Waals surface area contributed by atoms with Crippen LogP contribution in [0.2, 0.25) is 0 Å². The number of likely N-dealkylation sites (N-methyl/N-ethyl adjacent to an activating group) is 1. The van der Waals surface area contributed by atoms with Crippen LogP contribution < -0.4 is 4.90 Å². The highest BCUT2D eigenvalue weighted by Gasteiger charge is 2.21. The summed E-state index contributed by atoms with van der Waals surface area (Å²) in [6.45, 7) is 5.59. The van der Waals surface area contributed by atoms with E-state index in [1.807, 2.05) is 37.2 Å². The molecule has 0 bridgehead atoms. The van der Waals surface area contributed by atoms with E-state index in [2.05, 4.69) is 55.1 Å². The average molecular weight is 418 g/mol. The van der Waals surface area contributed by atoms with Crippen LogP contribution >= 0.6 is 11.3 Å². The van der Waals surface area contributed by atoms with Crippen molar-refractivity contribution in [2.24, 2.45) is 0 Å². The van der Waals surface area contributed by atoms with E-state index in [4.69, 9.17) is 4.98 Å². The zero-order valence-corrected chi connectivity index (χ0v) is 18.8. The fraction of sp³-hybridized carbons (Fsp3) is 0.280. The number of anilines is 1. The maximum atomic E-state index is 13.5. The zero-order chi connectivity index (χ0) is 21.3. The van der Waals surface area contributed by atoms with Gasteiger partial charge >= 0.3 is 0 Å². The minimum Gasteiger partial charge on any atom is -0.308 e. The Labute approximate surface area is 181 Å². The Bertz CT molecular complexity index is 1210. The third kappa shape index (κ3) is 4.23. The van der Waals surface area contributed by atoms with Crippen molar-refractivity contribution in [3.05, 3.63) is 71.3 Å². The quantitative estimate of drug-likeness (QED) is 0.432. The fourth-order valence-corrected chi connectivity index (χ4v) is 4.99. The molecule has 0 spiro atoms. The molecule has 0 aliphatic rings. The monoisotopic (exact) mass is 417 g/mol. The third-order valence-corrected chi connectivity index (χ3v) is 6.37. The Morgan fingerprint density at radius 2 is 1.77 bits per heavy atom. The minimum absolute atomic E-state index is 0.0848. The van der Waals surface area contributed by atoms with Gasteiger partial charge in [0.25, 0.3) is 0 Å². The first-order valence-corrected chi connectivity index (χ1v) is 11.0. The summed E-state index contributed by atoms with van der Waals surface area (Å²) in [6.07, 6.45) is 0.364. The summed E-state index contributed by atoms with van der Waals surface area (Å²) < 4.78 is 1.13. The first-order chi connectivity index (χ1) is 14.4. The normalized spacial score (nSPS) is 11.5. The topological polar surface area (TPSA) is 36.4 Å². The Kier molecular flexibility index (Phi) is 5.84. The highest BCUT2D eigenvalue weighted by molar-refractivity contribution is 7.22. The second-order valence-corrected chi connectivity index (χ2v) is 9.10. The molecule has 5 heteroatoms. The maximum Gasteiger partial charge on any atom is 0.233 e. The third-order valence-electron chi connectivity index (χ3n) is 5.34. The number of aromatic nitrogens is 1. The number of fused-ring (bicyclic) bond motifs is 2. The highest BCUT2D eigenvalue weighted by atomic mass is 32.1. The summed E-state index contributed by atoms with van der Waals surface area (Å²) in [6, 6.07) is 18.7. The molecule has 1 heterocycles. The molecule has 4 nitrogen and oxygen atoms in total. The molecular formula is C25H27N3OS. The summed E-state index contributed by atoms with van der Waals surface area (Å²) >= 11 is 1.60. The summed E-state index contributed by atoms with van der Waals surface area (Å²) in [5.41, 5.74) is 4.42. The first kappa shape index (κ1) is 20.5. The molecule has 4 rings (SSSR count). The van der Waals surface area contributed by atoms with Crippen LogP contribution in [0.5, 0.6) is 0 Å². The van der Waals surface area contributed by atoms with E-state index in [0.29, 0.717) is 13.0 Å². The molecule has 0 unspecified atom stereocenters. The molecule has 3 aromatic carbocycles. The lowest BCUT2D eigenvalue weighted by molar-refractivity contribution is -0.118. The van der Waals surface area contributed by atoms with Gasteiger partial charge in [0.2, 0.25) is 5.91 Å². The highest BCUT2D eigenvalue weighted by Crippen LogP contribution is 2.32. The molecule has 154 valence electrons. The van der Waals surface area contributed by atoms with E-state index in [0.717, 1.165) is 43.8 Å². The van der Waals surface area contributed by atoms with Gasteiger partial charge in [0, 0.05) is 13.1 Å². The van der Waals surface area contributed by atoms with Gasteiger partial charge in [-0.25, -0.2) is 4.98 Å². The fourth-order valence-electron chi connectivity index (χ4n) is 3.81. The molecule has 0 aliphatic carbocycles. The molecular weight excluding hydrogens is 390 g/mol. The summed E-state index contributed by atoms with van der Waals surface area (Å²) in [5, 5.41) is 3.08. The Morgan fingerprint density at radius 1 is 1.00 bits per heavy atom. The zero-order valence-electron chi connectivity index (χ0n) is 18.0. The predicted octanol–water partition coefficient (Wildman–Crippen LogP) is 5.20. The largest absolute Gasteiger partial charge is 0.308 e. The molecule has 0 saturated heterocycles. The second kappa shape index (κ2) is 8.54. The summed E-state index contributed by atoms with van der Waals surface area (Å²) in [7, 11) is 4.05. The van der Waals surface area contributed by atoms with Crippen molar-refractivity contribution in [3.63, 3.8) is 0 Å². The van der Waals surface area contributed by atoms with Gasteiger partial charge in [0.15, 0.2) is 5.13 Å². The lowest BCUT2D eigenvalue weighted by Gasteiger charge is -2.22. The van der Waals surface area contributed by atoms with Gasteiger partial charge < -0.3 is 4.90 Å². The summed E-state index contributed by atoms with van der Waals surface area (Å²) in [4.78, 5) is 22.3. The number of thiazole rings is 1. The Morgan fingerprint density at radius 3 is 2.57 bits per heavy atom. The van der Waals surface area contributed by atoms with Crippen molar-refractivity contribution >= 4 is 43.4 Å². The van der Waals surface area contributed by atoms with Crippen molar-refractivity contribution in [3.8, 4) is 0 Å². The molecule has 0 aliphatic heterocycles. The number of hydrogen-bond donors (Lipinski definition) is 0. The van der Waals surface area contributed by atoms with Crippen molar-refractivity contribution < 1.29 is 4.79 Å². The minimum atomic E-state index is 0.0848.